The smallest absolute Gasteiger partial charge is 0.162 e. The zero-order valence-corrected chi connectivity index (χ0v) is 11.3. The maximum atomic E-state index is 5.96. The number of piperidine rings is 1. The zero-order valence-electron chi connectivity index (χ0n) is 10.5. The molecule has 0 bridgehead atoms. The molecule has 1 fully saturated rings. The second kappa shape index (κ2) is 4.86. The highest BCUT2D eigenvalue weighted by Gasteiger charge is 2.23. The lowest BCUT2D eigenvalue weighted by molar-refractivity contribution is 0.218. The van der Waals surface area contributed by atoms with Crippen LogP contribution >= 0.6 is 11.6 Å². The summed E-state index contributed by atoms with van der Waals surface area (Å²) in [5.74, 6) is 1.60. The van der Waals surface area contributed by atoms with Crippen LogP contribution in [0.1, 0.15) is 31.5 Å². The molecule has 0 N–H and O–H groups in total. The van der Waals surface area contributed by atoms with E-state index in [9.17, 15) is 0 Å². The number of nitrogens with zero attached hydrogens (tertiary/aromatic N) is 4. The molecule has 0 spiro atoms. The van der Waals surface area contributed by atoms with Gasteiger partial charge in [-0.3, -0.25) is 4.40 Å². The van der Waals surface area contributed by atoms with Gasteiger partial charge in [0.05, 0.1) is 0 Å². The largest absolute Gasteiger partial charge is 0.304 e. The molecule has 1 aliphatic rings. The van der Waals surface area contributed by atoms with Crippen molar-refractivity contribution in [1.29, 1.82) is 0 Å². The van der Waals surface area contributed by atoms with Crippen LogP contribution in [0.4, 0.5) is 0 Å². The third-order valence-corrected chi connectivity index (χ3v) is 4.03. The first-order valence-corrected chi connectivity index (χ1v) is 6.88. The first kappa shape index (κ1) is 11.9. The number of halogens is 1. The Morgan fingerprint density at radius 3 is 2.83 bits per heavy atom. The van der Waals surface area contributed by atoms with Crippen molar-refractivity contribution in [2.45, 2.75) is 25.7 Å². The average molecular weight is 265 g/mol. The van der Waals surface area contributed by atoms with Gasteiger partial charge in [-0.25, -0.2) is 0 Å². The van der Waals surface area contributed by atoms with E-state index in [-0.39, 0.29) is 0 Å². The van der Waals surface area contributed by atoms with Crippen LogP contribution in [0.25, 0.3) is 5.65 Å². The number of rotatable bonds is 2. The van der Waals surface area contributed by atoms with Crippen molar-refractivity contribution in [2.75, 3.05) is 19.6 Å². The Hall–Kier alpha value is -1.13. The topological polar surface area (TPSA) is 33.4 Å². The van der Waals surface area contributed by atoms with Gasteiger partial charge in [0, 0.05) is 23.2 Å². The molecule has 0 radical (unpaired) electrons. The number of hydrogen-bond donors (Lipinski definition) is 0. The van der Waals surface area contributed by atoms with E-state index in [1.807, 2.05) is 18.3 Å². The average Bonchev–Trinajstić information content (AvgIpc) is 2.81. The van der Waals surface area contributed by atoms with E-state index >= 15 is 0 Å². The molecule has 4 nitrogen and oxygen atoms in total. The van der Waals surface area contributed by atoms with Gasteiger partial charge < -0.3 is 4.90 Å². The normalized spacial score (nSPS) is 18.6. The lowest BCUT2D eigenvalue weighted by Gasteiger charge is -2.30. The molecule has 0 unspecified atom stereocenters. The van der Waals surface area contributed by atoms with Crippen molar-refractivity contribution < 1.29 is 0 Å². The fraction of sp³-hybridized carbons (Fsp3) is 0.538. The third kappa shape index (κ3) is 2.10. The van der Waals surface area contributed by atoms with E-state index < -0.39 is 0 Å². The number of pyridine rings is 1. The minimum absolute atomic E-state index is 0.518. The number of hydrogen-bond acceptors (Lipinski definition) is 3. The molecule has 0 aliphatic carbocycles. The SMILES string of the molecule is CCN1CCC(c2nnc3cc(Cl)ccn23)CC1. The summed E-state index contributed by atoms with van der Waals surface area (Å²) in [5, 5.41) is 9.27. The second-order valence-corrected chi connectivity index (χ2v) is 5.28. The van der Waals surface area contributed by atoms with E-state index in [2.05, 4.69) is 26.4 Å². The summed E-state index contributed by atoms with van der Waals surface area (Å²) in [5.41, 5.74) is 0.843. The Kier molecular flexibility index (Phi) is 3.22. The lowest BCUT2D eigenvalue weighted by Crippen LogP contribution is -2.33. The standard InChI is InChI=1S/C13H17ClN4/c1-2-17-6-3-10(4-7-17)13-16-15-12-9-11(14)5-8-18(12)13/h5,8-10H,2-4,6-7H2,1H3. The quantitative estimate of drug-likeness (QED) is 0.836. The Bertz CT molecular complexity index is 543. The Morgan fingerprint density at radius 1 is 1.33 bits per heavy atom. The Balaban J connectivity index is 1.87. The van der Waals surface area contributed by atoms with Crippen molar-refractivity contribution in [3.63, 3.8) is 0 Å². The third-order valence-electron chi connectivity index (χ3n) is 3.80. The number of aromatic nitrogens is 3. The van der Waals surface area contributed by atoms with Crippen LogP contribution in [-0.2, 0) is 0 Å². The predicted molar refractivity (Wildman–Crippen MR) is 72.1 cm³/mol. The van der Waals surface area contributed by atoms with Gasteiger partial charge in [-0.05, 0) is 38.5 Å². The van der Waals surface area contributed by atoms with Crippen molar-refractivity contribution in [3.05, 3.63) is 29.2 Å². The van der Waals surface area contributed by atoms with Gasteiger partial charge in [0.25, 0.3) is 0 Å². The summed E-state index contributed by atoms with van der Waals surface area (Å²) in [6.07, 6.45) is 4.30. The molecule has 0 atom stereocenters. The molecule has 3 rings (SSSR count). The van der Waals surface area contributed by atoms with E-state index in [0.717, 1.165) is 43.9 Å². The monoisotopic (exact) mass is 264 g/mol. The van der Waals surface area contributed by atoms with Gasteiger partial charge in [0.15, 0.2) is 5.65 Å². The van der Waals surface area contributed by atoms with Crippen molar-refractivity contribution >= 4 is 17.2 Å². The Labute approximate surface area is 112 Å². The van der Waals surface area contributed by atoms with Crippen molar-refractivity contribution in [2.24, 2.45) is 0 Å². The summed E-state index contributed by atoms with van der Waals surface area (Å²) in [7, 11) is 0. The molecule has 0 aromatic carbocycles. The molecule has 0 amide bonds. The second-order valence-electron chi connectivity index (χ2n) is 4.84. The van der Waals surface area contributed by atoms with Crippen LogP contribution < -0.4 is 0 Å². The maximum Gasteiger partial charge on any atom is 0.162 e. The first-order valence-electron chi connectivity index (χ1n) is 6.50. The minimum atomic E-state index is 0.518. The van der Waals surface area contributed by atoms with Crippen LogP contribution in [0.2, 0.25) is 5.02 Å². The van der Waals surface area contributed by atoms with Gasteiger partial charge in [-0.2, -0.15) is 0 Å². The lowest BCUT2D eigenvalue weighted by atomic mass is 9.96. The highest BCUT2D eigenvalue weighted by molar-refractivity contribution is 6.30. The first-order chi connectivity index (χ1) is 8.78. The summed E-state index contributed by atoms with van der Waals surface area (Å²) in [6, 6.07) is 3.75. The summed E-state index contributed by atoms with van der Waals surface area (Å²) >= 11 is 5.96. The predicted octanol–water partition coefficient (Wildman–Crippen LogP) is 2.58. The zero-order chi connectivity index (χ0) is 12.5. The van der Waals surface area contributed by atoms with Gasteiger partial charge >= 0.3 is 0 Å². The van der Waals surface area contributed by atoms with Gasteiger partial charge in [0.2, 0.25) is 0 Å². The molecule has 18 heavy (non-hydrogen) atoms. The number of fused-ring (bicyclic) bond motifs is 1. The van der Waals surface area contributed by atoms with E-state index in [1.165, 1.54) is 0 Å². The maximum absolute atomic E-state index is 5.96. The van der Waals surface area contributed by atoms with Gasteiger partial charge in [-0.1, -0.05) is 18.5 Å². The summed E-state index contributed by atoms with van der Waals surface area (Å²) in [6.45, 7) is 5.67. The summed E-state index contributed by atoms with van der Waals surface area (Å²) < 4.78 is 2.07. The fourth-order valence-electron chi connectivity index (χ4n) is 2.67. The molecule has 2 aromatic rings. The molecule has 1 aliphatic heterocycles. The van der Waals surface area contributed by atoms with E-state index in [0.29, 0.717) is 10.9 Å². The van der Waals surface area contributed by atoms with E-state index in [4.69, 9.17) is 11.6 Å². The number of likely N-dealkylation sites (tertiary alicyclic amines) is 1. The summed E-state index contributed by atoms with van der Waals surface area (Å²) in [4.78, 5) is 2.48. The van der Waals surface area contributed by atoms with Crippen molar-refractivity contribution in [3.8, 4) is 0 Å². The molecule has 2 aromatic heterocycles. The van der Waals surface area contributed by atoms with Crippen LogP contribution in [0, 0.1) is 0 Å². The molecular weight excluding hydrogens is 248 g/mol. The fourth-order valence-corrected chi connectivity index (χ4v) is 2.82. The molecule has 3 heterocycles. The van der Waals surface area contributed by atoms with E-state index in [1.54, 1.807) is 0 Å². The molecule has 0 saturated carbocycles. The van der Waals surface area contributed by atoms with Crippen molar-refractivity contribution in [1.82, 2.24) is 19.5 Å². The highest BCUT2D eigenvalue weighted by atomic mass is 35.5. The molecule has 1 saturated heterocycles. The van der Waals surface area contributed by atoms with Crippen LogP contribution in [-0.4, -0.2) is 39.1 Å². The van der Waals surface area contributed by atoms with Crippen LogP contribution in [0.5, 0.6) is 0 Å². The van der Waals surface area contributed by atoms with Gasteiger partial charge in [0.1, 0.15) is 5.82 Å². The highest BCUT2D eigenvalue weighted by Crippen LogP contribution is 2.27. The van der Waals surface area contributed by atoms with Crippen LogP contribution in [0.15, 0.2) is 18.3 Å². The molecule has 5 heteroatoms. The molecular formula is C13H17ClN4. The van der Waals surface area contributed by atoms with Gasteiger partial charge in [-0.15, -0.1) is 10.2 Å². The minimum Gasteiger partial charge on any atom is -0.304 e. The molecule has 96 valence electrons. The van der Waals surface area contributed by atoms with Crippen LogP contribution in [0.3, 0.4) is 0 Å². The Morgan fingerprint density at radius 2 is 2.11 bits per heavy atom.